The first-order valence-electron chi connectivity index (χ1n) is 10.7. The molecule has 2 atom stereocenters. The van der Waals surface area contributed by atoms with Gasteiger partial charge in [-0.25, -0.2) is 0 Å². The summed E-state index contributed by atoms with van der Waals surface area (Å²) in [5.41, 5.74) is 1.90. The van der Waals surface area contributed by atoms with Gasteiger partial charge < -0.3 is 9.64 Å². The van der Waals surface area contributed by atoms with Crippen molar-refractivity contribution in [3.8, 4) is 22.8 Å². The summed E-state index contributed by atoms with van der Waals surface area (Å²) in [6.45, 7) is 4.29. The fourth-order valence-electron chi connectivity index (χ4n) is 4.21. The summed E-state index contributed by atoms with van der Waals surface area (Å²) in [6.07, 6.45) is 3.33. The van der Waals surface area contributed by atoms with Crippen LogP contribution in [0.15, 0.2) is 59.8 Å². The van der Waals surface area contributed by atoms with E-state index < -0.39 is 0 Å². The minimum atomic E-state index is 0.165. The molecule has 1 aromatic heterocycles. The van der Waals surface area contributed by atoms with Crippen LogP contribution in [0.3, 0.4) is 0 Å². The van der Waals surface area contributed by atoms with E-state index in [9.17, 15) is 4.79 Å². The fraction of sp³-hybridized carbons (Fsp3) is 0.375. The highest BCUT2D eigenvalue weighted by molar-refractivity contribution is 7.99. The smallest absolute Gasteiger partial charge is 0.233 e. The lowest BCUT2D eigenvalue weighted by Gasteiger charge is -2.39. The maximum atomic E-state index is 13.0. The van der Waals surface area contributed by atoms with Crippen LogP contribution in [-0.2, 0) is 4.79 Å². The minimum absolute atomic E-state index is 0.165. The van der Waals surface area contributed by atoms with Gasteiger partial charge in [-0.2, -0.15) is 0 Å². The van der Waals surface area contributed by atoms with Crippen LogP contribution in [0, 0.1) is 0 Å². The topological polar surface area (TPSA) is 60.3 Å². The van der Waals surface area contributed by atoms with Gasteiger partial charge in [0, 0.05) is 23.3 Å². The van der Waals surface area contributed by atoms with Gasteiger partial charge in [0.05, 0.1) is 12.9 Å². The molecule has 1 amide bonds. The Balaban J connectivity index is 1.61. The molecule has 2 aromatic carbocycles. The van der Waals surface area contributed by atoms with Crippen molar-refractivity contribution in [2.24, 2.45) is 0 Å². The number of amides is 1. The van der Waals surface area contributed by atoms with Crippen LogP contribution in [0.4, 0.5) is 0 Å². The molecule has 4 rings (SSSR count). The van der Waals surface area contributed by atoms with Crippen molar-refractivity contribution in [1.29, 1.82) is 0 Å². The molecule has 2 heterocycles. The van der Waals surface area contributed by atoms with Gasteiger partial charge in [-0.3, -0.25) is 9.36 Å². The molecule has 162 valence electrons. The maximum absolute atomic E-state index is 13.0. The Kier molecular flexibility index (Phi) is 6.61. The fourth-order valence-corrected chi connectivity index (χ4v) is 5.04. The number of carbonyl (C=O) groups excluding carboxylic acids is 1. The Morgan fingerprint density at radius 2 is 1.71 bits per heavy atom. The van der Waals surface area contributed by atoms with Crippen molar-refractivity contribution < 1.29 is 9.53 Å². The van der Waals surface area contributed by atoms with Crippen molar-refractivity contribution >= 4 is 17.7 Å². The van der Waals surface area contributed by atoms with E-state index in [1.54, 1.807) is 7.11 Å². The van der Waals surface area contributed by atoms with Gasteiger partial charge in [0.25, 0.3) is 0 Å². The summed E-state index contributed by atoms with van der Waals surface area (Å²) in [4.78, 5) is 15.1. The van der Waals surface area contributed by atoms with E-state index >= 15 is 0 Å². The molecule has 0 saturated carbocycles. The first-order chi connectivity index (χ1) is 15.1. The number of thioether (sulfide) groups is 1. The normalized spacial score (nSPS) is 18.7. The van der Waals surface area contributed by atoms with Crippen molar-refractivity contribution in [3.05, 3.63) is 54.6 Å². The SMILES string of the molecule is COc1ccc(-c2nnc(SCC(=O)N3[C@@H](C)CCC[C@@H]3C)n2-c2ccccc2)cc1. The Hall–Kier alpha value is -2.80. The Bertz CT molecular complexity index is 1010. The maximum Gasteiger partial charge on any atom is 0.233 e. The summed E-state index contributed by atoms with van der Waals surface area (Å²) in [5.74, 6) is 2.05. The number of ether oxygens (including phenoxy) is 1. The van der Waals surface area contributed by atoms with Crippen LogP contribution < -0.4 is 4.74 Å². The first kappa shape index (κ1) is 21.4. The van der Waals surface area contributed by atoms with E-state index in [2.05, 4.69) is 24.0 Å². The van der Waals surface area contributed by atoms with Crippen LogP contribution in [0.2, 0.25) is 0 Å². The van der Waals surface area contributed by atoms with E-state index in [0.717, 1.165) is 35.7 Å². The van der Waals surface area contributed by atoms with Gasteiger partial charge in [0.2, 0.25) is 5.91 Å². The summed E-state index contributed by atoms with van der Waals surface area (Å²) in [7, 11) is 1.65. The third kappa shape index (κ3) is 4.61. The average Bonchev–Trinajstić information content (AvgIpc) is 3.22. The third-order valence-electron chi connectivity index (χ3n) is 5.80. The second-order valence-electron chi connectivity index (χ2n) is 7.92. The monoisotopic (exact) mass is 436 g/mol. The quantitative estimate of drug-likeness (QED) is 0.518. The van der Waals surface area contributed by atoms with Crippen LogP contribution in [0.5, 0.6) is 5.75 Å². The Morgan fingerprint density at radius 1 is 1.03 bits per heavy atom. The second-order valence-corrected chi connectivity index (χ2v) is 8.87. The predicted octanol–water partition coefficient (Wildman–Crippen LogP) is 4.82. The number of nitrogens with zero attached hydrogens (tertiary/aromatic N) is 4. The largest absolute Gasteiger partial charge is 0.497 e. The van der Waals surface area contributed by atoms with E-state index in [0.29, 0.717) is 23.0 Å². The van der Waals surface area contributed by atoms with Crippen molar-refractivity contribution in [2.45, 2.75) is 50.4 Å². The molecular weight excluding hydrogens is 408 g/mol. The van der Waals surface area contributed by atoms with Crippen LogP contribution >= 0.6 is 11.8 Å². The lowest BCUT2D eigenvalue weighted by Crippen LogP contribution is -2.48. The van der Waals surface area contributed by atoms with E-state index in [1.165, 1.54) is 18.2 Å². The molecule has 1 saturated heterocycles. The average molecular weight is 437 g/mol. The van der Waals surface area contributed by atoms with Crippen LogP contribution in [-0.4, -0.2) is 50.5 Å². The molecule has 0 unspecified atom stereocenters. The lowest BCUT2D eigenvalue weighted by molar-refractivity contribution is -0.134. The third-order valence-corrected chi connectivity index (χ3v) is 6.72. The number of benzene rings is 2. The Morgan fingerprint density at radius 3 is 2.35 bits per heavy atom. The van der Waals surface area contributed by atoms with Crippen molar-refractivity contribution in [3.63, 3.8) is 0 Å². The number of hydrogen-bond donors (Lipinski definition) is 0. The van der Waals surface area contributed by atoms with Gasteiger partial charge in [-0.15, -0.1) is 10.2 Å². The molecule has 1 aliphatic heterocycles. The summed E-state index contributed by atoms with van der Waals surface area (Å²) >= 11 is 1.44. The van der Waals surface area contributed by atoms with E-state index in [4.69, 9.17) is 4.74 Å². The highest BCUT2D eigenvalue weighted by Crippen LogP contribution is 2.30. The highest BCUT2D eigenvalue weighted by Gasteiger charge is 2.29. The predicted molar refractivity (Wildman–Crippen MR) is 124 cm³/mol. The molecule has 6 nitrogen and oxygen atoms in total. The number of methoxy groups -OCH3 is 1. The van der Waals surface area contributed by atoms with Gasteiger partial charge in [-0.1, -0.05) is 30.0 Å². The second kappa shape index (κ2) is 9.56. The number of aromatic nitrogens is 3. The van der Waals surface area contributed by atoms with Crippen molar-refractivity contribution in [1.82, 2.24) is 19.7 Å². The van der Waals surface area contributed by atoms with E-state index in [1.807, 2.05) is 64.1 Å². The number of carbonyl (C=O) groups is 1. The van der Waals surface area contributed by atoms with Gasteiger partial charge in [0.1, 0.15) is 5.75 Å². The van der Waals surface area contributed by atoms with Gasteiger partial charge >= 0.3 is 0 Å². The molecule has 0 spiro atoms. The molecule has 3 aromatic rings. The number of para-hydroxylation sites is 1. The lowest BCUT2D eigenvalue weighted by atomic mass is 9.98. The molecule has 0 N–H and O–H groups in total. The Labute approximate surface area is 187 Å². The molecular formula is C24H28N4O2S. The van der Waals surface area contributed by atoms with Crippen LogP contribution in [0.25, 0.3) is 17.1 Å². The summed E-state index contributed by atoms with van der Waals surface area (Å²) in [5, 5.41) is 9.62. The van der Waals surface area contributed by atoms with Crippen molar-refractivity contribution in [2.75, 3.05) is 12.9 Å². The molecule has 0 radical (unpaired) electrons. The first-order valence-corrected chi connectivity index (χ1v) is 11.7. The molecule has 7 heteroatoms. The van der Waals surface area contributed by atoms with Gasteiger partial charge in [-0.05, 0) is 69.5 Å². The summed E-state index contributed by atoms with van der Waals surface area (Å²) < 4.78 is 7.29. The molecule has 1 aliphatic rings. The molecule has 31 heavy (non-hydrogen) atoms. The number of likely N-dealkylation sites (tertiary alicyclic amines) is 1. The zero-order chi connectivity index (χ0) is 21.8. The number of rotatable bonds is 6. The summed E-state index contributed by atoms with van der Waals surface area (Å²) in [6, 6.07) is 18.4. The molecule has 1 fully saturated rings. The zero-order valence-electron chi connectivity index (χ0n) is 18.2. The molecule has 0 aliphatic carbocycles. The number of piperidine rings is 1. The van der Waals surface area contributed by atoms with Crippen LogP contribution in [0.1, 0.15) is 33.1 Å². The number of hydrogen-bond acceptors (Lipinski definition) is 5. The highest BCUT2D eigenvalue weighted by atomic mass is 32.2. The minimum Gasteiger partial charge on any atom is -0.497 e. The molecule has 0 bridgehead atoms. The van der Waals surface area contributed by atoms with E-state index in [-0.39, 0.29) is 5.91 Å². The van der Waals surface area contributed by atoms with Gasteiger partial charge in [0.15, 0.2) is 11.0 Å². The standard InChI is InChI=1S/C24H28N4O2S/c1-17-8-7-9-18(2)27(17)22(29)16-31-24-26-25-23(19-12-14-21(30-3)15-13-19)28(24)20-10-5-4-6-11-20/h4-6,10-15,17-18H,7-9,16H2,1-3H3/t17-,18-/m0/s1. The zero-order valence-corrected chi connectivity index (χ0v) is 19.0.